The van der Waals surface area contributed by atoms with E-state index in [-0.39, 0.29) is 11.8 Å². The fourth-order valence-electron chi connectivity index (χ4n) is 0.673. The Morgan fingerprint density at radius 2 is 1.82 bits per heavy atom. The summed E-state index contributed by atoms with van der Waals surface area (Å²) in [6.07, 6.45) is 1.92. The second-order valence-corrected chi connectivity index (χ2v) is 3.13. The summed E-state index contributed by atoms with van der Waals surface area (Å²) in [5, 5.41) is 2.94. The van der Waals surface area contributed by atoms with Crippen LogP contribution in [0, 0.1) is 5.92 Å². The van der Waals surface area contributed by atoms with E-state index in [4.69, 9.17) is 0 Å². The summed E-state index contributed by atoms with van der Waals surface area (Å²) in [7, 11) is 0. The van der Waals surface area contributed by atoms with Crippen molar-refractivity contribution in [2.75, 3.05) is 0 Å². The van der Waals surface area contributed by atoms with Gasteiger partial charge in [0.05, 0.1) is 0 Å². The highest BCUT2D eigenvalue weighted by atomic mass is 16.1. The van der Waals surface area contributed by atoms with Crippen molar-refractivity contribution in [1.82, 2.24) is 5.32 Å². The zero-order valence-electron chi connectivity index (χ0n) is 7.98. The maximum Gasteiger partial charge on any atom is 0.223 e. The fraction of sp³-hybridized carbons (Fsp3) is 0.889. The van der Waals surface area contributed by atoms with Crippen LogP contribution >= 0.6 is 0 Å². The van der Waals surface area contributed by atoms with Crippen molar-refractivity contribution in [3.05, 3.63) is 0 Å². The molecular weight excluding hydrogens is 138 g/mol. The molecule has 1 amide bonds. The number of carbonyl (C=O) groups excluding carboxylic acids is 1. The van der Waals surface area contributed by atoms with E-state index in [1.54, 1.807) is 0 Å². The zero-order valence-corrected chi connectivity index (χ0v) is 7.98. The van der Waals surface area contributed by atoms with Crippen LogP contribution in [0.4, 0.5) is 0 Å². The molecule has 1 unspecified atom stereocenters. The van der Waals surface area contributed by atoms with Crippen molar-refractivity contribution in [1.29, 1.82) is 0 Å². The SMILES string of the molecule is CCC(C)C(=O)N[C@H](C)CC. The van der Waals surface area contributed by atoms with E-state index in [0.717, 1.165) is 12.8 Å². The first-order valence-corrected chi connectivity index (χ1v) is 4.42. The number of amides is 1. The molecule has 0 aromatic rings. The van der Waals surface area contributed by atoms with Crippen LogP contribution in [-0.2, 0) is 4.79 Å². The van der Waals surface area contributed by atoms with E-state index in [1.165, 1.54) is 0 Å². The van der Waals surface area contributed by atoms with Crippen LogP contribution in [0.1, 0.15) is 40.5 Å². The molecule has 0 fully saturated rings. The van der Waals surface area contributed by atoms with Crippen LogP contribution in [0.5, 0.6) is 0 Å². The lowest BCUT2D eigenvalue weighted by molar-refractivity contribution is -0.125. The van der Waals surface area contributed by atoms with Crippen molar-refractivity contribution in [3.63, 3.8) is 0 Å². The van der Waals surface area contributed by atoms with Gasteiger partial charge in [-0.05, 0) is 19.8 Å². The number of carbonyl (C=O) groups is 1. The molecule has 0 saturated heterocycles. The van der Waals surface area contributed by atoms with Gasteiger partial charge in [0, 0.05) is 12.0 Å². The Balaban J connectivity index is 3.68. The van der Waals surface area contributed by atoms with Crippen molar-refractivity contribution in [2.45, 2.75) is 46.6 Å². The predicted molar refractivity (Wildman–Crippen MR) is 47.4 cm³/mol. The number of nitrogens with one attached hydrogen (secondary N) is 1. The number of rotatable bonds is 4. The Kier molecular flexibility index (Phi) is 4.92. The molecule has 0 aromatic carbocycles. The van der Waals surface area contributed by atoms with Crippen molar-refractivity contribution < 1.29 is 4.79 Å². The monoisotopic (exact) mass is 157 g/mol. The first kappa shape index (κ1) is 10.5. The Bertz CT molecular complexity index is 123. The minimum Gasteiger partial charge on any atom is -0.353 e. The van der Waals surface area contributed by atoms with Gasteiger partial charge in [-0.15, -0.1) is 0 Å². The Morgan fingerprint density at radius 1 is 1.27 bits per heavy atom. The summed E-state index contributed by atoms with van der Waals surface area (Å²) in [5.41, 5.74) is 0. The van der Waals surface area contributed by atoms with Gasteiger partial charge in [0.2, 0.25) is 5.91 Å². The summed E-state index contributed by atoms with van der Waals surface area (Å²) in [4.78, 5) is 11.2. The predicted octanol–water partition coefficient (Wildman–Crippen LogP) is 1.95. The lowest BCUT2D eigenvalue weighted by Crippen LogP contribution is -2.35. The van der Waals surface area contributed by atoms with Gasteiger partial charge in [-0.25, -0.2) is 0 Å². The van der Waals surface area contributed by atoms with Gasteiger partial charge >= 0.3 is 0 Å². The second kappa shape index (κ2) is 5.16. The van der Waals surface area contributed by atoms with Crippen molar-refractivity contribution >= 4 is 5.91 Å². The van der Waals surface area contributed by atoms with E-state index in [2.05, 4.69) is 12.2 Å². The Morgan fingerprint density at radius 3 is 2.18 bits per heavy atom. The van der Waals surface area contributed by atoms with E-state index < -0.39 is 0 Å². The minimum absolute atomic E-state index is 0.156. The standard InChI is InChI=1S/C9H19NO/c1-5-7(3)9(11)10-8(4)6-2/h7-8H,5-6H2,1-4H3,(H,10,11)/t7?,8-/m1/s1. The van der Waals surface area contributed by atoms with Gasteiger partial charge < -0.3 is 5.32 Å². The van der Waals surface area contributed by atoms with E-state index in [9.17, 15) is 4.79 Å². The normalized spacial score (nSPS) is 15.6. The highest BCUT2D eigenvalue weighted by Crippen LogP contribution is 2.01. The van der Waals surface area contributed by atoms with Crippen LogP contribution < -0.4 is 5.32 Å². The average molecular weight is 157 g/mol. The molecule has 2 heteroatoms. The third-order valence-corrected chi connectivity index (χ3v) is 2.06. The third-order valence-electron chi connectivity index (χ3n) is 2.06. The summed E-state index contributed by atoms with van der Waals surface area (Å²) >= 11 is 0. The molecule has 0 aliphatic carbocycles. The molecule has 66 valence electrons. The quantitative estimate of drug-likeness (QED) is 0.664. The first-order valence-electron chi connectivity index (χ1n) is 4.42. The van der Waals surface area contributed by atoms with Crippen LogP contribution in [0.2, 0.25) is 0 Å². The molecule has 0 bridgehead atoms. The molecular formula is C9H19NO. The van der Waals surface area contributed by atoms with Gasteiger partial charge in [0.25, 0.3) is 0 Å². The summed E-state index contributed by atoms with van der Waals surface area (Å²) in [6, 6.07) is 0.316. The van der Waals surface area contributed by atoms with Crippen LogP contribution in [0.15, 0.2) is 0 Å². The van der Waals surface area contributed by atoms with E-state index >= 15 is 0 Å². The smallest absolute Gasteiger partial charge is 0.223 e. The molecule has 0 heterocycles. The van der Waals surface area contributed by atoms with E-state index in [1.807, 2.05) is 20.8 Å². The lowest BCUT2D eigenvalue weighted by Gasteiger charge is -2.14. The molecule has 0 rings (SSSR count). The summed E-state index contributed by atoms with van der Waals surface area (Å²) in [5.74, 6) is 0.339. The fourth-order valence-corrected chi connectivity index (χ4v) is 0.673. The van der Waals surface area contributed by atoms with Crippen molar-refractivity contribution in [3.8, 4) is 0 Å². The molecule has 2 atom stereocenters. The van der Waals surface area contributed by atoms with Gasteiger partial charge in [-0.3, -0.25) is 4.79 Å². The second-order valence-electron chi connectivity index (χ2n) is 3.13. The molecule has 0 aromatic heterocycles. The molecule has 0 saturated carbocycles. The van der Waals surface area contributed by atoms with Gasteiger partial charge in [0.1, 0.15) is 0 Å². The molecule has 2 nitrogen and oxygen atoms in total. The summed E-state index contributed by atoms with van der Waals surface area (Å²) in [6.45, 7) is 8.08. The molecule has 0 radical (unpaired) electrons. The van der Waals surface area contributed by atoms with E-state index in [0.29, 0.717) is 6.04 Å². The van der Waals surface area contributed by atoms with Gasteiger partial charge in [0.15, 0.2) is 0 Å². The molecule has 0 aliphatic rings. The molecule has 1 N–H and O–H groups in total. The average Bonchev–Trinajstić information content (AvgIpc) is 2.02. The summed E-state index contributed by atoms with van der Waals surface area (Å²) < 4.78 is 0. The Hall–Kier alpha value is -0.530. The van der Waals surface area contributed by atoms with Crippen LogP contribution in [0.25, 0.3) is 0 Å². The maximum atomic E-state index is 11.2. The largest absolute Gasteiger partial charge is 0.353 e. The highest BCUT2D eigenvalue weighted by Gasteiger charge is 2.11. The number of hydrogen-bond donors (Lipinski definition) is 1. The third kappa shape index (κ3) is 4.02. The van der Waals surface area contributed by atoms with Gasteiger partial charge in [-0.2, -0.15) is 0 Å². The lowest BCUT2D eigenvalue weighted by atomic mass is 10.1. The minimum atomic E-state index is 0.156. The highest BCUT2D eigenvalue weighted by molar-refractivity contribution is 5.78. The topological polar surface area (TPSA) is 29.1 Å². The molecule has 0 spiro atoms. The molecule has 0 aliphatic heterocycles. The van der Waals surface area contributed by atoms with Crippen LogP contribution in [0.3, 0.4) is 0 Å². The zero-order chi connectivity index (χ0) is 8.85. The maximum absolute atomic E-state index is 11.2. The van der Waals surface area contributed by atoms with Crippen molar-refractivity contribution in [2.24, 2.45) is 5.92 Å². The van der Waals surface area contributed by atoms with Gasteiger partial charge in [-0.1, -0.05) is 20.8 Å². The number of hydrogen-bond acceptors (Lipinski definition) is 1. The Labute approximate surface area is 69.4 Å². The first-order chi connectivity index (χ1) is 5.11. The van der Waals surface area contributed by atoms with Crippen LogP contribution in [-0.4, -0.2) is 11.9 Å². The molecule has 11 heavy (non-hydrogen) atoms.